The first-order valence-electron chi connectivity index (χ1n) is 11.7. The number of ether oxygens (including phenoxy) is 2. The normalized spacial score (nSPS) is 17.7. The molecule has 0 spiro atoms. The number of esters is 1. The molecule has 0 radical (unpaired) electrons. The van der Waals surface area contributed by atoms with Crippen molar-refractivity contribution in [3.05, 3.63) is 45.4 Å². The summed E-state index contributed by atoms with van der Waals surface area (Å²) in [5.74, 6) is -0.0184. The first-order valence-corrected chi connectivity index (χ1v) is 12.9. The van der Waals surface area contributed by atoms with Crippen LogP contribution in [-0.4, -0.2) is 41.4 Å². The molecular formula is C26H25ClN2O5S. The van der Waals surface area contributed by atoms with E-state index in [4.69, 9.17) is 26.1 Å². The number of aromatic nitrogens is 1. The van der Waals surface area contributed by atoms with Crippen LogP contribution in [0.25, 0.3) is 21.3 Å². The fourth-order valence-electron chi connectivity index (χ4n) is 4.88. The first kappa shape index (κ1) is 23.8. The summed E-state index contributed by atoms with van der Waals surface area (Å²) in [4.78, 5) is 44.9. The van der Waals surface area contributed by atoms with Crippen LogP contribution in [0.1, 0.15) is 42.3 Å². The number of benzene rings is 1. The average Bonchev–Trinajstić information content (AvgIpc) is 3.38. The smallest absolute Gasteiger partial charge is 0.309 e. The number of pyridine rings is 1. The quantitative estimate of drug-likeness (QED) is 0.343. The molecule has 182 valence electrons. The van der Waals surface area contributed by atoms with Crippen LogP contribution >= 0.6 is 22.9 Å². The Morgan fingerprint density at radius 1 is 1.17 bits per heavy atom. The van der Waals surface area contributed by atoms with Gasteiger partial charge >= 0.3 is 5.97 Å². The van der Waals surface area contributed by atoms with Gasteiger partial charge in [-0.1, -0.05) is 23.7 Å². The van der Waals surface area contributed by atoms with Crippen LogP contribution in [0.4, 0.5) is 0 Å². The average molecular weight is 513 g/mol. The molecule has 2 amide bonds. The van der Waals surface area contributed by atoms with Gasteiger partial charge in [-0.2, -0.15) is 0 Å². The van der Waals surface area contributed by atoms with Gasteiger partial charge in [0.05, 0.1) is 36.9 Å². The molecule has 35 heavy (non-hydrogen) atoms. The van der Waals surface area contributed by atoms with Crippen molar-refractivity contribution in [1.29, 1.82) is 0 Å². The predicted molar refractivity (Wildman–Crippen MR) is 134 cm³/mol. The van der Waals surface area contributed by atoms with Crippen molar-refractivity contribution in [2.75, 3.05) is 13.7 Å². The summed E-state index contributed by atoms with van der Waals surface area (Å²) in [5.41, 5.74) is 3.39. The SMILES string of the molecule is CCOC(=O)C1CCc2c(sc3nc(CN4C(=O)CCC4=O)c(Cl)c(-c4ccc(OC)cc4)c23)C1. The number of hydrogen-bond acceptors (Lipinski definition) is 7. The zero-order chi connectivity index (χ0) is 24.7. The lowest BCUT2D eigenvalue weighted by Crippen LogP contribution is -2.29. The summed E-state index contributed by atoms with van der Waals surface area (Å²) in [6, 6.07) is 7.65. The van der Waals surface area contributed by atoms with Crippen LogP contribution in [0, 0.1) is 5.92 Å². The summed E-state index contributed by atoms with van der Waals surface area (Å²) in [7, 11) is 1.62. The van der Waals surface area contributed by atoms with Gasteiger partial charge in [0.1, 0.15) is 10.6 Å². The van der Waals surface area contributed by atoms with Crippen LogP contribution < -0.4 is 4.74 Å². The lowest BCUT2D eigenvalue weighted by atomic mass is 9.86. The molecule has 2 aromatic heterocycles. The molecule has 7 nitrogen and oxygen atoms in total. The highest BCUT2D eigenvalue weighted by molar-refractivity contribution is 7.19. The Morgan fingerprint density at radius 2 is 1.89 bits per heavy atom. The maximum absolute atomic E-state index is 12.4. The van der Waals surface area contributed by atoms with Gasteiger partial charge < -0.3 is 9.47 Å². The number of hydrogen-bond donors (Lipinski definition) is 0. The van der Waals surface area contributed by atoms with Crippen molar-refractivity contribution >= 4 is 50.9 Å². The molecule has 0 N–H and O–H groups in total. The minimum atomic E-state index is -0.207. The standard InChI is InChI=1S/C26H25ClN2O5S/c1-3-34-26(32)15-6-9-17-19(12-15)35-25-23(17)22(14-4-7-16(33-2)8-5-14)24(27)18(28-25)13-29-20(30)10-11-21(29)31/h4-5,7-8,15H,3,6,9-13H2,1-2H3. The third-order valence-corrected chi connectivity index (χ3v) is 8.22. The van der Waals surface area contributed by atoms with E-state index < -0.39 is 0 Å². The second-order valence-electron chi connectivity index (χ2n) is 8.73. The van der Waals surface area contributed by atoms with Crippen molar-refractivity contribution in [2.24, 2.45) is 5.92 Å². The van der Waals surface area contributed by atoms with Crippen LogP contribution in [0.3, 0.4) is 0 Å². The Kier molecular flexibility index (Phi) is 6.51. The van der Waals surface area contributed by atoms with Crippen molar-refractivity contribution in [2.45, 2.75) is 45.6 Å². The van der Waals surface area contributed by atoms with Crippen molar-refractivity contribution in [1.82, 2.24) is 9.88 Å². The molecule has 1 unspecified atom stereocenters. The molecule has 9 heteroatoms. The molecule has 5 rings (SSSR count). The van der Waals surface area contributed by atoms with Gasteiger partial charge in [-0.25, -0.2) is 4.98 Å². The highest BCUT2D eigenvalue weighted by atomic mass is 35.5. The summed E-state index contributed by atoms with van der Waals surface area (Å²) >= 11 is 8.52. The van der Waals surface area contributed by atoms with Gasteiger partial charge in [0.15, 0.2) is 0 Å². The van der Waals surface area contributed by atoms with Gasteiger partial charge in [0.25, 0.3) is 0 Å². The zero-order valence-electron chi connectivity index (χ0n) is 19.6. The Morgan fingerprint density at radius 3 is 2.54 bits per heavy atom. The van der Waals surface area contributed by atoms with E-state index in [1.807, 2.05) is 31.2 Å². The molecule has 0 saturated carbocycles. The van der Waals surface area contributed by atoms with Crippen LogP contribution in [0.2, 0.25) is 5.02 Å². The predicted octanol–water partition coefficient (Wildman–Crippen LogP) is 4.94. The zero-order valence-corrected chi connectivity index (χ0v) is 21.1. The number of thiophene rings is 1. The van der Waals surface area contributed by atoms with E-state index in [0.717, 1.165) is 44.0 Å². The summed E-state index contributed by atoms with van der Waals surface area (Å²) in [6.45, 7) is 2.23. The monoisotopic (exact) mass is 512 g/mol. The second-order valence-corrected chi connectivity index (χ2v) is 10.2. The second kappa shape index (κ2) is 9.59. The summed E-state index contributed by atoms with van der Waals surface area (Å²) in [5, 5.41) is 1.41. The minimum absolute atomic E-state index is 0.0453. The minimum Gasteiger partial charge on any atom is -0.497 e. The van der Waals surface area contributed by atoms with Crippen LogP contribution in [-0.2, 0) is 38.5 Å². The number of carbonyl (C=O) groups excluding carboxylic acids is 3. The maximum atomic E-state index is 12.4. The molecule has 1 fully saturated rings. The lowest BCUT2D eigenvalue weighted by molar-refractivity contribution is -0.148. The number of aryl methyl sites for hydroxylation is 1. The van der Waals surface area contributed by atoms with Crippen LogP contribution in [0.15, 0.2) is 24.3 Å². The Balaban J connectivity index is 1.65. The van der Waals surface area contributed by atoms with E-state index >= 15 is 0 Å². The molecule has 1 aliphatic carbocycles. The summed E-state index contributed by atoms with van der Waals surface area (Å²) in [6.07, 6.45) is 2.46. The Hall–Kier alpha value is -2.97. The van der Waals surface area contributed by atoms with E-state index in [2.05, 4.69) is 0 Å². The van der Waals surface area contributed by atoms with Gasteiger partial charge in [-0.3, -0.25) is 19.3 Å². The van der Waals surface area contributed by atoms with Crippen molar-refractivity contribution in [3.63, 3.8) is 0 Å². The number of imide groups is 1. The van der Waals surface area contributed by atoms with Crippen LogP contribution in [0.5, 0.6) is 5.75 Å². The molecule has 2 aliphatic rings. The van der Waals surface area contributed by atoms with E-state index in [0.29, 0.717) is 30.2 Å². The topological polar surface area (TPSA) is 85.8 Å². The number of halogens is 1. The van der Waals surface area contributed by atoms with E-state index in [1.165, 1.54) is 4.90 Å². The van der Waals surface area contributed by atoms with E-state index in [9.17, 15) is 14.4 Å². The van der Waals surface area contributed by atoms with E-state index in [1.54, 1.807) is 18.4 Å². The molecule has 1 aliphatic heterocycles. The third kappa shape index (κ3) is 4.29. The first-order chi connectivity index (χ1) is 16.9. The molecule has 1 saturated heterocycles. The largest absolute Gasteiger partial charge is 0.497 e. The third-order valence-electron chi connectivity index (χ3n) is 6.67. The molecule has 0 bridgehead atoms. The lowest BCUT2D eigenvalue weighted by Gasteiger charge is -2.21. The fourth-order valence-corrected chi connectivity index (χ4v) is 6.51. The number of carbonyl (C=O) groups is 3. The fraction of sp³-hybridized carbons (Fsp3) is 0.385. The van der Waals surface area contributed by atoms with E-state index in [-0.39, 0.29) is 43.1 Å². The molecule has 3 aromatic rings. The highest BCUT2D eigenvalue weighted by Gasteiger charge is 2.33. The van der Waals surface area contributed by atoms with Gasteiger partial charge in [0, 0.05) is 28.7 Å². The van der Waals surface area contributed by atoms with Crippen molar-refractivity contribution < 1.29 is 23.9 Å². The maximum Gasteiger partial charge on any atom is 0.309 e. The Bertz CT molecular complexity index is 1320. The van der Waals surface area contributed by atoms with Crippen molar-refractivity contribution in [3.8, 4) is 16.9 Å². The number of likely N-dealkylation sites (tertiary alicyclic amines) is 1. The number of nitrogens with zero attached hydrogens (tertiary/aromatic N) is 2. The molecular weight excluding hydrogens is 488 g/mol. The summed E-state index contributed by atoms with van der Waals surface area (Å²) < 4.78 is 10.6. The van der Waals surface area contributed by atoms with Gasteiger partial charge in [-0.05, 0) is 49.4 Å². The number of rotatable bonds is 6. The Labute approximate surface area is 212 Å². The molecule has 3 heterocycles. The number of methoxy groups -OCH3 is 1. The highest BCUT2D eigenvalue weighted by Crippen LogP contribution is 2.46. The number of amides is 2. The van der Waals surface area contributed by atoms with Gasteiger partial charge in [0.2, 0.25) is 11.8 Å². The number of fused-ring (bicyclic) bond motifs is 3. The molecule has 1 atom stereocenters. The molecule has 1 aromatic carbocycles. The van der Waals surface area contributed by atoms with Gasteiger partial charge in [-0.15, -0.1) is 11.3 Å².